The summed E-state index contributed by atoms with van der Waals surface area (Å²) in [6.07, 6.45) is 14.9. The Balaban J connectivity index is 1.31. The van der Waals surface area contributed by atoms with Gasteiger partial charge in [0, 0.05) is 37.1 Å². The first-order valence-corrected chi connectivity index (χ1v) is 26.8. The molecule has 0 radical (unpaired) electrons. The number of aromatic nitrogens is 4. The quantitative estimate of drug-likeness (QED) is 0.0396. The van der Waals surface area contributed by atoms with Crippen molar-refractivity contribution in [3.05, 3.63) is 49.1 Å². The van der Waals surface area contributed by atoms with E-state index in [1.54, 1.807) is 0 Å². The molecule has 0 bridgehead atoms. The number of carbonyl (C=O) groups excluding carboxylic acids is 3. The summed E-state index contributed by atoms with van der Waals surface area (Å²) in [7, 11) is -17.6. The number of nitrogens with zero attached hydrogens (tertiary/aromatic N) is 4. The Morgan fingerprint density at radius 2 is 1.58 bits per heavy atom. The van der Waals surface area contributed by atoms with Gasteiger partial charge in [0.1, 0.15) is 36.3 Å². The second-order valence-electron chi connectivity index (χ2n) is 15.8. The minimum atomic E-state index is -5.92. The van der Waals surface area contributed by atoms with Crippen molar-refractivity contribution < 1.29 is 80.5 Å². The van der Waals surface area contributed by atoms with Crippen molar-refractivity contribution in [2.75, 3.05) is 37.8 Å². The first-order valence-electron chi connectivity index (χ1n) is 21.5. The highest BCUT2D eigenvalue weighted by Gasteiger charge is 2.47. The number of aliphatic hydroxyl groups is 2. The average molecular weight is 1020 g/mol. The molecule has 1 aliphatic rings. The van der Waals surface area contributed by atoms with E-state index in [0.29, 0.717) is 12.2 Å². The molecule has 7 atom stereocenters. The Labute approximate surface area is 393 Å². The van der Waals surface area contributed by atoms with Crippen LogP contribution in [0, 0.1) is 5.41 Å². The van der Waals surface area contributed by atoms with Crippen LogP contribution < -0.4 is 35.9 Å². The van der Waals surface area contributed by atoms with Crippen molar-refractivity contribution in [2.45, 2.75) is 122 Å². The van der Waals surface area contributed by atoms with Crippen molar-refractivity contribution in [3.63, 3.8) is 0 Å². The smallest absolute Gasteiger partial charge is 0.274 e. The zero-order valence-corrected chi connectivity index (χ0v) is 41.0. The van der Waals surface area contributed by atoms with E-state index in [9.17, 15) is 57.9 Å². The fourth-order valence-electron chi connectivity index (χ4n) is 6.23. The second kappa shape index (κ2) is 28.4. The highest BCUT2D eigenvalue weighted by molar-refractivity contribution is 8.13. The number of fused-ring (bicyclic) bond motifs is 1. The van der Waals surface area contributed by atoms with E-state index in [4.69, 9.17) is 10.5 Å². The summed E-state index contributed by atoms with van der Waals surface area (Å²) in [4.78, 5) is 96.8. The highest BCUT2D eigenvalue weighted by atomic mass is 32.2. The summed E-state index contributed by atoms with van der Waals surface area (Å²) in [6.45, 7) is 2.26. The molecular weight excluding hydrogens is 963 g/mol. The third-order valence-electron chi connectivity index (χ3n) is 9.77. The zero-order chi connectivity index (χ0) is 49.7. The molecule has 0 spiro atoms. The third kappa shape index (κ3) is 21.5. The molecule has 67 heavy (non-hydrogen) atoms. The number of phosphoric acid groups is 3. The zero-order valence-electron chi connectivity index (χ0n) is 37.5. The van der Waals surface area contributed by atoms with Gasteiger partial charge in [-0.3, -0.25) is 28.1 Å². The predicted octanol–water partition coefficient (Wildman–Crippen LogP) is 1.73. The first kappa shape index (κ1) is 58.1. The van der Waals surface area contributed by atoms with Crippen LogP contribution in [0.3, 0.4) is 0 Å². The van der Waals surface area contributed by atoms with E-state index >= 15 is 0 Å². The van der Waals surface area contributed by atoms with Crippen molar-refractivity contribution >= 4 is 69.1 Å². The number of imidazole rings is 1. The van der Waals surface area contributed by atoms with Gasteiger partial charge in [-0.15, -0.1) is 0 Å². The monoisotopic (exact) mass is 1020 g/mol. The maximum absolute atomic E-state index is 12.6. The third-order valence-corrected chi connectivity index (χ3v) is 13.7. The molecular formula is C39H60N7O17P3S-4. The number of phosphoric ester groups is 3. The van der Waals surface area contributed by atoms with Crippen molar-refractivity contribution in [2.24, 2.45) is 5.41 Å². The SMILES string of the molecule is CC/C=C\C/C=C\C/C=C\CCCCCCCC(=O)SCCNC(=O)CCNC(=O)[C@H](O)C(C)(C)COP(=O)([O-])OP(=O)([O-])OC[C@H]1O[C@@H](n2cnc3c(N)ncnc32)[C@H](O)[C@@H]1OP(=O)([O-])[O-]. The number of hydrogen-bond acceptors (Lipinski definition) is 22. The first-order chi connectivity index (χ1) is 31.6. The minimum Gasteiger partial charge on any atom is -0.790 e. The number of unbranched alkanes of at least 4 members (excludes halogenated alkanes) is 5. The van der Waals surface area contributed by atoms with Crippen LogP contribution in [0.25, 0.3) is 11.2 Å². The molecule has 3 rings (SSSR count). The van der Waals surface area contributed by atoms with Crippen molar-refractivity contribution in [3.8, 4) is 0 Å². The van der Waals surface area contributed by atoms with E-state index in [1.165, 1.54) is 13.8 Å². The number of nitrogens with one attached hydrogen (secondary N) is 2. The van der Waals surface area contributed by atoms with Crippen LogP contribution in [0.15, 0.2) is 49.1 Å². The predicted molar refractivity (Wildman–Crippen MR) is 237 cm³/mol. The Morgan fingerprint density at radius 1 is 0.925 bits per heavy atom. The number of ether oxygens (including phenoxy) is 1. The average Bonchev–Trinajstić information content (AvgIpc) is 3.81. The summed E-state index contributed by atoms with van der Waals surface area (Å²) in [6, 6.07) is 0. The van der Waals surface area contributed by atoms with E-state index in [2.05, 4.69) is 86.8 Å². The number of hydrogen-bond donors (Lipinski definition) is 5. The Hall–Kier alpha value is -3.22. The molecule has 3 heterocycles. The number of allylic oxidation sites excluding steroid dienone is 6. The van der Waals surface area contributed by atoms with Gasteiger partial charge in [0.25, 0.3) is 15.6 Å². The largest absolute Gasteiger partial charge is 0.790 e. The molecule has 24 nitrogen and oxygen atoms in total. The molecule has 2 aromatic rings. The summed E-state index contributed by atoms with van der Waals surface area (Å²) in [5.41, 5.74) is 4.08. The van der Waals surface area contributed by atoms with Gasteiger partial charge in [-0.25, -0.2) is 19.3 Å². The lowest BCUT2D eigenvalue weighted by Crippen LogP contribution is -2.46. The number of thioether (sulfide) groups is 1. The van der Waals surface area contributed by atoms with Gasteiger partial charge >= 0.3 is 0 Å². The Bertz CT molecular complexity index is 2140. The standard InChI is InChI=1S/C39H64N7O17P3S/c1-4-5-6-7-8-9-10-11-12-13-14-15-16-17-18-19-30(48)67-23-22-41-29(47)20-21-42-37(51)34(50)39(2,3)25-60-66(57,58)63-65(55,56)59-24-28-33(62-64(52,53)54)32(49)38(61-28)46-27-45-31-35(40)43-26-44-36(31)46/h5-6,8-9,11-12,26-28,32-34,38,49-50H,4,7,10,13-25H2,1-3H3,(H,41,47)(H,42,51)(H,55,56)(H,57,58)(H2,40,43,44)(H2,52,53,54)/p-4/b6-5-,9-8-,12-11-/t28-,32-,33-,34+,38-/m1/s1. The van der Waals surface area contributed by atoms with E-state index < -0.39 is 84.6 Å². The van der Waals surface area contributed by atoms with Crippen LogP contribution in [0.4, 0.5) is 5.82 Å². The molecule has 6 N–H and O–H groups in total. The number of aliphatic hydroxyl groups excluding tert-OH is 2. The molecule has 1 aliphatic heterocycles. The molecule has 1 saturated heterocycles. The summed E-state index contributed by atoms with van der Waals surface area (Å²) in [5.74, 6) is -1.16. The van der Waals surface area contributed by atoms with Gasteiger partial charge in [-0.2, -0.15) is 0 Å². The topological polar surface area (TPSA) is 375 Å². The lowest BCUT2D eigenvalue weighted by atomic mass is 9.87. The number of rotatable bonds is 32. The summed E-state index contributed by atoms with van der Waals surface area (Å²) in [5, 5.41) is 26.4. The highest BCUT2D eigenvalue weighted by Crippen LogP contribution is 2.56. The van der Waals surface area contributed by atoms with E-state index in [1.807, 2.05) is 0 Å². The molecule has 28 heteroatoms. The van der Waals surface area contributed by atoms with Crippen LogP contribution in [0.5, 0.6) is 0 Å². The van der Waals surface area contributed by atoms with E-state index in [0.717, 1.165) is 86.8 Å². The van der Waals surface area contributed by atoms with Crippen molar-refractivity contribution in [1.82, 2.24) is 30.2 Å². The van der Waals surface area contributed by atoms with Crippen LogP contribution in [0.1, 0.15) is 97.6 Å². The van der Waals surface area contributed by atoms with Gasteiger partial charge in [0.05, 0.1) is 27.4 Å². The number of carbonyl (C=O) groups is 3. The fourth-order valence-corrected chi connectivity index (χ4v) is 9.69. The maximum atomic E-state index is 12.6. The Kier molecular flexibility index (Phi) is 24.7. The molecule has 0 aliphatic carbocycles. The Morgan fingerprint density at radius 3 is 2.28 bits per heavy atom. The van der Waals surface area contributed by atoms with Crippen LogP contribution in [-0.2, 0) is 50.7 Å². The van der Waals surface area contributed by atoms with Crippen molar-refractivity contribution in [1.29, 1.82) is 0 Å². The van der Waals surface area contributed by atoms with Gasteiger partial charge < -0.3 is 69.0 Å². The van der Waals surface area contributed by atoms with Gasteiger partial charge in [0.15, 0.2) is 22.8 Å². The molecule has 2 aromatic heterocycles. The molecule has 2 amide bonds. The molecule has 0 saturated carbocycles. The van der Waals surface area contributed by atoms with Gasteiger partial charge in [0.2, 0.25) is 11.8 Å². The van der Waals surface area contributed by atoms with Crippen LogP contribution >= 0.6 is 35.2 Å². The lowest BCUT2D eigenvalue weighted by molar-refractivity contribution is -0.347. The van der Waals surface area contributed by atoms with E-state index in [-0.39, 0.29) is 41.6 Å². The molecule has 2 unspecified atom stereocenters. The summed E-state index contributed by atoms with van der Waals surface area (Å²) < 4.78 is 60.8. The lowest BCUT2D eigenvalue weighted by Gasteiger charge is -2.36. The number of amides is 2. The number of nitrogens with two attached hydrogens (primary N) is 1. The normalized spacial score (nSPS) is 20.4. The number of anilines is 1. The van der Waals surface area contributed by atoms with Crippen LogP contribution in [0.2, 0.25) is 0 Å². The maximum Gasteiger partial charge on any atom is 0.274 e. The van der Waals surface area contributed by atoms with Gasteiger partial charge in [-0.05, 0) is 38.5 Å². The molecule has 378 valence electrons. The molecule has 1 fully saturated rings. The number of nitrogen functional groups attached to an aromatic ring is 1. The summed E-state index contributed by atoms with van der Waals surface area (Å²) >= 11 is 1.13. The minimum absolute atomic E-state index is 0.0203. The van der Waals surface area contributed by atoms with Crippen LogP contribution in [-0.4, -0.2) is 103 Å². The second-order valence-corrected chi connectivity index (χ2v) is 21.0. The molecule has 0 aromatic carbocycles. The van der Waals surface area contributed by atoms with Gasteiger partial charge in [-0.1, -0.05) is 88.3 Å². The fraction of sp³-hybridized carbons (Fsp3) is 0.641.